The van der Waals surface area contributed by atoms with Gasteiger partial charge in [0.1, 0.15) is 0 Å². The van der Waals surface area contributed by atoms with Gasteiger partial charge in [0.15, 0.2) is 11.5 Å². The maximum Gasteiger partial charge on any atom is 0.235 e. The van der Waals surface area contributed by atoms with Crippen LogP contribution in [0.25, 0.3) is 17.1 Å². The van der Waals surface area contributed by atoms with E-state index in [1.807, 2.05) is 53.3 Å². The second-order valence-electron chi connectivity index (χ2n) is 4.52. The van der Waals surface area contributed by atoms with Gasteiger partial charge < -0.3 is 15.9 Å². The second-order valence-corrected chi connectivity index (χ2v) is 4.52. The van der Waals surface area contributed by atoms with Crippen LogP contribution in [0.4, 0.5) is 0 Å². The van der Waals surface area contributed by atoms with Crippen molar-refractivity contribution >= 4 is 12.2 Å². The third-order valence-electron chi connectivity index (χ3n) is 2.96. The van der Waals surface area contributed by atoms with E-state index in [9.17, 15) is 0 Å². The smallest absolute Gasteiger partial charge is 0.235 e. The number of nitrogens with two attached hydrogens (primary N) is 2. The lowest BCUT2D eigenvalue weighted by atomic mass is 10.2. The fourth-order valence-corrected chi connectivity index (χ4v) is 2.02. The third kappa shape index (κ3) is 2.88. The molecule has 0 aliphatic carbocycles. The molecule has 0 aliphatic heterocycles. The zero-order valence-electron chi connectivity index (χ0n) is 11.7. The standard InChI is InChI=1S/C15H14N6O/c16-15(17)19-18-9-11-10-21(12-5-2-1-3-6-12)20-14(11)13-7-4-8-22-13/h1-10H,(H4,16,17,19)/p+1/b18-9+. The summed E-state index contributed by atoms with van der Waals surface area (Å²) in [4.78, 5) is 0. The Morgan fingerprint density at radius 2 is 1.95 bits per heavy atom. The van der Waals surface area contributed by atoms with E-state index in [0.29, 0.717) is 5.76 Å². The number of furan rings is 1. The van der Waals surface area contributed by atoms with Gasteiger partial charge in [0.25, 0.3) is 0 Å². The number of para-hydroxylation sites is 1. The molecule has 0 fully saturated rings. The molecule has 0 aliphatic rings. The number of rotatable bonds is 4. The molecule has 22 heavy (non-hydrogen) atoms. The molecule has 110 valence electrons. The van der Waals surface area contributed by atoms with E-state index in [-0.39, 0.29) is 5.96 Å². The molecule has 2 heterocycles. The molecule has 3 aromatic rings. The van der Waals surface area contributed by atoms with Crippen LogP contribution in [-0.4, -0.2) is 17.3 Å². The first-order valence-electron chi connectivity index (χ1n) is 6.60. The molecule has 2 aromatic heterocycles. The van der Waals surface area contributed by atoms with Gasteiger partial charge in [-0.3, -0.25) is 0 Å². The van der Waals surface area contributed by atoms with E-state index in [0.717, 1.165) is 16.9 Å². The first kappa shape index (κ1) is 13.6. The van der Waals surface area contributed by atoms with Gasteiger partial charge in [0.05, 0.1) is 18.0 Å². The lowest BCUT2D eigenvalue weighted by Crippen LogP contribution is -2.31. The van der Waals surface area contributed by atoms with E-state index in [4.69, 9.17) is 15.9 Å². The minimum absolute atomic E-state index is 0.0951. The highest BCUT2D eigenvalue weighted by Gasteiger charge is 2.18. The predicted molar refractivity (Wildman–Crippen MR) is 83.4 cm³/mol. The van der Waals surface area contributed by atoms with Gasteiger partial charge in [-0.15, -0.1) is 5.10 Å². The van der Waals surface area contributed by atoms with Crippen molar-refractivity contribution in [1.82, 2.24) is 5.10 Å². The summed E-state index contributed by atoms with van der Waals surface area (Å²) < 4.78 is 7.32. The van der Waals surface area contributed by atoms with Gasteiger partial charge in [-0.2, -0.15) is 10.2 Å². The topological polar surface area (TPSA) is 110 Å². The molecule has 0 unspecified atom stereocenters. The molecule has 0 spiro atoms. The summed E-state index contributed by atoms with van der Waals surface area (Å²) in [6.07, 6.45) is 5.06. The molecule has 7 nitrogen and oxygen atoms in total. The van der Waals surface area contributed by atoms with Crippen molar-refractivity contribution in [2.24, 2.45) is 21.7 Å². The molecule has 0 saturated heterocycles. The maximum atomic E-state index is 5.45. The van der Waals surface area contributed by atoms with E-state index in [1.165, 1.54) is 0 Å². The molecule has 5 N–H and O–H groups in total. The third-order valence-corrected chi connectivity index (χ3v) is 2.96. The van der Waals surface area contributed by atoms with Gasteiger partial charge in [-0.1, -0.05) is 22.9 Å². The Balaban J connectivity index is 2.05. The van der Waals surface area contributed by atoms with Crippen LogP contribution in [0.15, 0.2) is 69.5 Å². The van der Waals surface area contributed by atoms with Crippen LogP contribution in [-0.2, 0) is 0 Å². The summed E-state index contributed by atoms with van der Waals surface area (Å²) >= 11 is 0. The summed E-state index contributed by atoms with van der Waals surface area (Å²) in [7, 11) is 0. The molecule has 0 bridgehead atoms. The zero-order chi connectivity index (χ0) is 15.4. The number of nitrogens with zero attached hydrogens (tertiary/aromatic N) is 3. The van der Waals surface area contributed by atoms with Gasteiger partial charge in [-0.05, 0) is 12.1 Å². The fourth-order valence-electron chi connectivity index (χ4n) is 2.02. The number of hydrogen-bond acceptors (Lipinski definition) is 3. The van der Waals surface area contributed by atoms with Crippen molar-refractivity contribution < 1.29 is 9.10 Å². The summed E-state index contributed by atoms with van der Waals surface area (Å²) in [5.41, 5.74) is 13.1. The summed E-state index contributed by atoms with van der Waals surface area (Å²) in [6, 6.07) is 13.5. The number of aromatic nitrogens is 2. The van der Waals surface area contributed by atoms with E-state index in [2.05, 4.69) is 15.3 Å². The SMILES string of the molecule is NC(N)=N/N=C/c1c[n+](-c2ccccc2)[nH]c1-c1ccco1. The van der Waals surface area contributed by atoms with Crippen LogP contribution < -0.4 is 16.1 Å². The summed E-state index contributed by atoms with van der Waals surface area (Å²) in [5, 5.41) is 10.7. The van der Waals surface area contributed by atoms with E-state index in [1.54, 1.807) is 12.5 Å². The highest BCUT2D eigenvalue weighted by atomic mass is 16.3. The van der Waals surface area contributed by atoms with Crippen molar-refractivity contribution in [3.05, 3.63) is 60.5 Å². The Bertz CT molecular complexity index is 798. The molecule has 7 heteroatoms. The molecule has 0 atom stereocenters. The molecule has 0 radical (unpaired) electrons. The number of guanidine groups is 1. The Labute approximate surface area is 126 Å². The first-order valence-corrected chi connectivity index (χ1v) is 6.60. The largest absolute Gasteiger partial charge is 0.463 e. The van der Waals surface area contributed by atoms with Crippen LogP contribution >= 0.6 is 0 Å². The minimum atomic E-state index is -0.0951. The average molecular weight is 295 g/mol. The monoisotopic (exact) mass is 295 g/mol. The van der Waals surface area contributed by atoms with Crippen LogP contribution in [0.1, 0.15) is 5.56 Å². The fraction of sp³-hybridized carbons (Fsp3) is 0. The van der Waals surface area contributed by atoms with Gasteiger partial charge in [0.2, 0.25) is 17.8 Å². The molecule has 0 saturated carbocycles. The molecule has 1 aromatic carbocycles. The highest BCUT2D eigenvalue weighted by molar-refractivity contribution is 5.87. The van der Waals surface area contributed by atoms with Crippen molar-refractivity contribution in [3.8, 4) is 17.1 Å². The number of nitrogens with one attached hydrogen (secondary N) is 1. The number of H-pyrrole nitrogens is 1. The lowest BCUT2D eigenvalue weighted by Gasteiger charge is -1.91. The second kappa shape index (κ2) is 5.96. The number of aromatic amines is 1. The quantitative estimate of drug-likeness (QED) is 0.291. The van der Waals surface area contributed by atoms with Gasteiger partial charge in [-0.25, -0.2) is 0 Å². The first-order chi connectivity index (χ1) is 10.7. The minimum Gasteiger partial charge on any atom is -0.463 e. The molecular formula is C15H15N6O+. The predicted octanol–water partition coefficient (Wildman–Crippen LogP) is 1.16. The van der Waals surface area contributed by atoms with Crippen molar-refractivity contribution in [2.45, 2.75) is 0 Å². The van der Waals surface area contributed by atoms with Crippen molar-refractivity contribution in [1.29, 1.82) is 0 Å². The Morgan fingerprint density at radius 1 is 1.14 bits per heavy atom. The molecular weight excluding hydrogens is 280 g/mol. The molecule has 0 amide bonds. The zero-order valence-corrected chi connectivity index (χ0v) is 11.7. The van der Waals surface area contributed by atoms with E-state index >= 15 is 0 Å². The lowest BCUT2D eigenvalue weighted by molar-refractivity contribution is -0.654. The Hall–Kier alpha value is -3.35. The number of hydrogen-bond donors (Lipinski definition) is 3. The van der Waals surface area contributed by atoms with Crippen molar-refractivity contribution in [3.63, 3.8) is 0 Å². The highest BCUT2D eigenvalue weighted by Crippen LogP contribution is 2.20. The number of benzene rings is 1. The Morgan fingerprint density at radius 3 is 2.64 bits per heavy atom. The van der Waals surface area contributed by atoms with Gasteiger partial charge >= 0.3 is 0 Å². The van der Waals surface area contributed by atoms with E-state index < -0.39 is 0 Å². The van der Waals surface area contributed by atoms with Crippen molar-refractivity contribution in [2.75, 3.05) is 0 Å². The normalized spacial score (nSPS) is 10.9. The summed E-state index contributed by atoms with van der Waals surface area (Å²) in [5.74, 6) is 0.600. The average Bonchev–Trinajstić information content (AvgIpc) is 3.16. The molecule has 3 rings (SSSR count). The van der Waals surface area contributed by atoms with Crippen LogP contribution in [0.3, 0.4) is 0 Å². The van der Waals surface area contributed by atoms with Crippen LogP contribution in [0, 0.1) is 0 Å². The Kier molecular flexibility index (Phi) is 3.69. The summed E-state index contributed by atoms with van der Waals surface area (Å²) in [6.45, 7) is 0. The van der Waals surface area contributed by atoms with Crippen LogP contribution in [0.2, 0.25) is 0 Å². The van der Waals surface area contributed by atoms with Crippen LogP contribution in [0.5, 0.6) is 0 Å². The maximum absolute atomic E-state index is 5.45. The van der Waals surface area contributed by atoms with Gasteiger partial charge in [0, 0.05) is 12.1 Å².